The fraction of sp³-hybridized carbons (Fsp3) is 0.286. The van der Waals surface area contributed by atoms with E-state index in [1.807, 2.05) is 0 Å². The molecule has 0 radical (unpaired) electrons. The molecular formula is C28H18F9IN4O5. The fourth-order valence-electron chi connectivity index (χ4n) is 4.87. The van der Waals surface area contributed by atoms with E-state index in [-0.39, 0.29) is 52.0 Å². The van der Waals surface area contributed by atoms with E-state index < -0.39 is 71.5 Å². The minimum atomic E-state index is -5.11. The van der Waals surface area contributed by atoms with Crippen molar-refractivity contribution in [3.05, 3.63) is 68.9 Å². The molecule has 2 aromatic carbocycles. The Morgan fingerprint density at radius 2 is 1.57 bits per heavy atom. The van der Waals surface area contributed by atoms with E-state index >= 15 is 0 Å². The smallest absolute Gasteiger partial charge is 0.483 e. The van der Waals surface area contributed by atoms with Crippen molar-refractivity contribution in [1.29, 1.82) is 0 Å². The van der Waals surface area contributed by atoms with Gasteiger partial charge in [-0.15, -0.1) is 13.2 Å². The average Bonchev–Trinajstić information content (AvgIpc) is 3.07. The SMILES string of the molecule is O=C1Nc2ncc(-c3cc(C(F)(F)F)cc(C(F)(F)F)c3)cc2C(=O)N2CCN(C(=O)COc3ccc(OC(F)(F)F)cc3I)C[C@@H]12. The number of anilines is 1. The van der Waals surface area contributed by atoms with E-state index in [0.717, 1.165) is 29.3 Å². The van der Waals surface area contributed by atoms with Gasteiger partial charge >= 0.3 is 18.7 Å². The van der Waals surface area contributed by atoms with E-state index in [4.69, 9.17) is 4.74 Å². The van der Waals surface area contributed by atoms with Crippen LogP contribution in [0.4, 0.5) is 45.3 Å². The Balaban J connectivity index is 1.32. The van der Waals surface area contributed by atoms with Gasteiger partial charge in [0, 0.05) is 24.8 Å². The third-order valence-electron chi connectivity index (χ3n) is 7.07. The predicted octanol–water partition coefficient (Wildman–Crippen LogP) is 5.97. The molecule has 2 aliphatic heterocycles. The molecule has 0 saturated carbocycles. The highest BCUT2D eigenvalue weighted by Crippen LogP contribution is 2.39. The van der Waals surface area contributed by atoms with Gasteiger partial charge in [0.05, 0.1) is 26.8 Å². The maximum absolute atomic E-state index is 13.5. The summed E-state index contributed by atoms with van der Waals surface area (Å²) in [5, 5.41) is 2.41. The summed E-state index contributed by atoms with van der Waals surface area (Å²) in [5.74, 6) is -2.89. The average molecular weight is 788 g/mol. The molecule has 0 unspecified atom stereocenters. The molecule has 0 bridgehead atoms. The van der Waals surface area contributed by atoms with E-state index in [0.29, 0.717) is 12.1 Å². The number of nitrogens with zero attached hydrogens (tertiary/aromatic N) is 3. The number of halogens is 10. The molecule has 3 heterocycles. The summed E-state index contributed by atoms with van der Waals surface area (Å²) in [6.45, 7) is -1.15. The Hall–Kier alpha value is -4.30. The zero-order valence-electron chi connectivity index (χ0n) is 23.2. The molecule has 0 aliphatic carbocycles. The summed E-state index contributed by atoms with van der Waals surface area (Å²) < 4.78 is 127. The van der Waals surface area contributed by atoms with E-state index in [1.54, 1.807) is 22.6 Å². The van der Waals surface area contributed by atoms with Crippen LogP contribution in [0.1, 0.15) is 21.5 Å². The van der Waals surface area contributed by atoms with Gasteiger partial charge in [0.25, 0.3) is 11.8 Å². The van der Waals surface area contributed by atoms with Crippen LogP contribution in [0.3, 0.4) is 0 Å². The van der Waals surface area contributed by atoms with Crippen molar-refractivity contribution in [2.75, 3.05) is 31.6 Å². The molecule has 9 nitrogen and oxygen atoms in total. The van der Waals surface area contributed by atoms with Crippen LogP contribution in [-0.4, -0.2) is 71.2 Å². The second-order valence-electron chi connectivity index (χ2n) is 10.2. The monoisotopic (exact) mass is 788 g/mol. The number of hydrogen-bond donors (Lipinski definition) is 1. The summed E-state index contributed by atoms with van der Waals surface area (Å²) in [4.78, 5) is 45.8. The Morgan fingerprint density at radius 1 is 0.915 bits per heavy atom. The van der Waals surface area contributed by atoms with Crippen LogP contribution in [0.2, 0.25) is 0 Å². The molecule has 1 fully saturated rings. The highest BCUT2D eigenvalue weighted by Gasteiger charge is 2.42. The molecule has 1 aromatic heterocycles. The minimum absolute atomic E-state index is 0.0355. The van der Waals surface area contributed by atoms with Crippen LogP contribution in [0.15, 0.2) is 48.7 Å². The number of nitrogens with one attached hydrogen (secondary N) is 1. The number of ether oxygens (including phenoxy) is 2. The molecule has 2 aliphatic rings. The number of aromatic nitrogens is 1. The van der Waals surface area contributed by atoms with Gasteiger partial charge in [-0.25, -0.2) is 4.98 Å². The molecule has 3 amide bonds. The number of benzene rings is 2. The molecule has 0 spiro atoms. The van der Waals surface area contributed by atoms with Gasteiger partial charge in [0.2, 0.25) is 5.91 Å². The van der Waals surface area contributed by atoms with Crippen molar-refractivity contribution in [1.82, 2.24) is 14.8 Å². The normalized spacial score (nSPS) is 17.0. The topological polar surface area (TPSA) is 101 Å². The third-order valence-corrected chi connectivity index (χ3v) is 7.91. The molecule has 1 saturated heterocycles. The van der Waals surface area contributed by atoms with E-state index in [2.05, 4.69) is 15.0 Å². The summed E-state index contributed by atoms with van der Waals surface area (Å²) in [7, 11) is 0. The number of carbonyl (C=O) groups excluding carboxylic acids is 3. The quantitative estimate of drug-likeness (QED) is 0.253. The predicted molar refractivity (Wildman–Crippen MR) is 151 cm³/mol. The molecule has 47 heavy (non-hydrogen) atoms. The highest BCUT2D eigenvalue weighted by molar-refractivity contribution is 14.1. The standard InChI is InChI=1S/C28H18F9IN4O5/c29-26(30,31)15-5-13(6-16(8-15)27(32,33)34)14-7-18-23(39-10-14)40-24(44)20-11-41(3-4-42(20)25(18)45)22(43)12-46-21-2-1-17(9-19(21)38)47-28(35,36)37/h1-2,5-10,20H,3-4,11-12H2,(H,39,40,44)/t20-/m0/s1. The van der Waals surface area contributed by atoms with Crippen molar-refractivity contribution in [3.8, 4) is 22.6 Å². The maximum atomic E-state index is 13.5. The number of fused-ring (bicyclic) bond motifs is 2. The van der Waals surface area contributed by atoms with Gasteiger partial charge < -0.3 is 24.6 Å². The van der Waals surface area contributed by atoms with Crippen molar-refractivity contribution in [2.24, 2.45) is 0 Å². The summed E-state index contributed by atoms with van der Waals surface area (Å²) in [6.07, 6.45) is -14.2. The van der Waals surface area contributed by atoms with Gasteiger partial charge in [-0.05, 0) is 70.6 Å². The van der Waals surface area contributed by atoms with Crippen molar-refractivity contribution >= 4 is 46.1 Å². The van der Waals surface area contributed by atoms with Crippen molar-refractivity contribution < 1.29 is 63.4 Å². The lowest BCUT2D eigenvalue weighted by Gasteiger charge is -2.39. The van der Waals surface area contributed by atoms with Crippen LogP contribution in [0.25, 0.3) is 11.1 Å². The molecule has 1 N–H and O–H groups in total. The minimum Gasteiger partial charge on any atom is -0.483 e. The van der Waals surface area contributed by atoms with Gasteiger partial charge in [-0.1, -0.05) is 0 Å². The number of rotatable bonds is 5. The first-order chi connectivity index (χ1) is 21.8. The highest BCUT2D eigenvalue weighted by atomic mass is 127. The molecule has 1 atom stereocenters. The lowest BCUT2D eigenvalue weighted by Crippen LogP contribution is -2.60. The van der Waals surface area contributed by atoms with Gasteiger partial charge in [-0.3, -0.25) is 14.4 Å². The van der Waals surface area contributed by atoms with Crippen LogP contribution >= 0.6 is 22.6 Å². The largest absolute Gasteiger partial charge is 0.573 e. The van der Waals surface area contributed by atoms with Crippen molar-refractivity contribution in [3.63, 3.8) is 0 Å². The lowest BCUT2D eigenvalue weighted by molar-refractivity contribution is -0.274. The zero-order valence-corrected chi connectivity index (χ0v) is 25.3. The fourth-order valence-corrected chi connectivity index (χ4v) is 5.51. The Bertz CT molecular complexity index is 1710. The molecular weight excluding hydrogens is 770 g/mol. The van der Waals surface area contributed by atoms with Gasteiger partial charge in [-0.2, -0.15) is 26.3 Å². The number of carbonyl (C=O) groups is 3. The molecule has 5 rings (SSSR count). The number of pyridine rings is 1. The number of alkyl halides is 9. The van der Waals surface area contributed by atoms with Crippen LogP contribution in [0.5, 0.6) is 11.5 Å². The lowest BCUT2D eigenvalue weighted by atomic mass is 9.99. The molecule has 3 aromatic rings. The summed E-state index contributed by atoms with van der Waals surface area (Å²) >= 11 is 1.69. The Labute approximate surface area is 271 Å². The number of hydrogen-bond acceptors (Lipinski definition) is 6. The first-order valence-corrected chi connectivity index (χ1v) is 14.3. The molecule has 250 valence electrons. The van der Waals surface area contributed by atoms with Gasteiger partial charge in [0.15, 0.2) is 6.61 Å². The zero-order chi connectivity index (χ0) is 34.5. The van der Waals surface area contributed by atoms with Crippen molar-refractivity contribution in [2.45, 2.75) is 24.8 Å². The van der Waals surface area contributed by atoms with Crippen LogP contribution in [-0.2, 0) is 21.9 Å². The van der Waals surface area contributed by atoms with E-state index in [1.165, 1.54) is 11.0 Å². The Morgan fingerprint density at radius 3 is 2.17 bits per heavy atom. The maximum Gasteiger partial charge on any atom is 0.573 e. The first kappa shape index (κ1) is 34.0. The number of amides is 3. The molecule has 19 heteroatoms. The second kappa shape index (κ2) is 12.4. The second-order valence-corrected chi connectivity index (χ2v) is 11.3. The number of piperazine rings is 1. The van der Waals surface area contributed by atoms with Crippen LogP contribution in [0, 0.1) is 3.57 Å². The first-order valence-electron chi connectivity index (χ1n) is 13.2. The van der Waals surface area contributed by atoms with Crippen LogP contribution < -0.4 is 14.8 Å². The third kappa shape index (κ3) is 7.65. The van der Waals surface area contributed by atoms with E-state index in [9.17, 15) is 53.9 Å². The summed E-state index contributed by atoms with van der Waals surface area (Å²) in [6, 6.07) is 3.93. The Kier molecular flexibility index (Phi) is 8.97. The van der Waals surface area contributed by atoms with Gasteiger partial charge in [0.1, 0.15) is 23.4 Å². The summed E-state index contributed by atoms with van der Waals surface area (Å²) in [5.41, 5.74) is -4.19.